The summed E-state index contributed by atoms with van der Waals surface area (Å²) in [4.78, 5) is 4.10. The normalized spacial score (nSPS) is 14.4. The lowest BCUT2D eigenvalue weighted by molar-refractivity contribution is 0.110. The van der Waals surface area contributed by atoms with Gasteiger partial charge in [0.25, 0.3) is 0 Å². The highest BCUT2D eigenvalue weighted by molar-refractivity contribution is 5.94. The molecule has 3 nitrogen and oxygen atoms in total. The van der Waals surface area contributed by atoms with E-state index >= 15 is 0 Å². The largest absolute Gasteiger partial charge is 0.384 e. The quantitative estimate of drug-likeness (QED) is 0.859. The van der Waals surface area contributed by atoms with E-state index in [-0.39, 0.29) is 10.9 Å². The zero-order valence-corrected chi connectivity index (χ0v) is 10.9. The fourth-order valence-electron chi connectivity index (χ4n) is 2.50. The summed E-state index contributed by atoms with van der Waals surface area (Å²) >= 11 is 0. The molecule has 0 unspecified atom stereocenters. The standard InChI is InChI=1S/C14H13F3N2O/c1-2-18-13-7-6-20-4-3-10(7)19-14-11(13)8(15)5-9(16)12(14)17/h5H,2-4,6H2,1H3,(H,18,19). The zero-order chi connectivity index (χ0) is 14.3. The highest BCUT2D eigenvalue weighted by atomic mass is 19.2. The maximum Gasteiger partial charge on any atom is 0.185 e. The third-order valence-electron chi connectivity index (χ3n) is 3.38. The number of ether oxygens (including phenoxy) is 1. The first kappa shape index (κ1) is 13.2. The van der Waals surface area contributed by atoms with Crippen molar-refractivity contribution in [3.8, 4) is 0 Å². The summed E-state index contributed by atoms with van der Waals surface area (Å²) < 4.78 is 46.7. The Hall–Kier alpha value is -1.82. The molecule has 1 aromatic carbocycles. The molecule has 0 fully saturated rings. The fourth-order valence-corrected chi connectivity index (χ4v) is 2.50. The predicted octanol–water partition coefficient (Wildman–Crippen LogP) is 3.16. The maximum absolute atomic E-state index is 14.1. The van der Waals surface area contributed by atoms with Crippen LogP contribution in [0.25, 0.3) is 10.9 Å². The number of nitrogens with zero attached hydrogens (tertiary/aromatic N) is 1. The zero-order valence-electron chi connectivity index (χ0n) is 10.9. The summed E-state index contributed by atoms with van der Waals surface area (Å²) in [7, 11) is 0. The Labute approximate surface area is 113 Å². The van der Waals surface area contributed by atoms with Crippen molar-refractivity contribution in [3.63, 3.8) is 0 Å². The SMILES string of the molecule is CCNc1c2c(nc3c(F)c(F)cc(F)c13)CCOC2. The second-order valence-electron chi connectivity index (χ2n) is 4.62. The lowest BCUT2D eigenvalue weighted by Gasteiger charge is -2.22. The number of pyridine rings is 1. The number of hydrogen-bond donors (Lipinski definition) is 1. The van der Waals surface area contributed by atoms with Crippen LogP contribution < -0.4 is 5.32 Å². The van der Waals surface area contributed by atoms with Gasteiger partial charge in [0.1, 0.15) is 11.3 Å². The van der Waals surface area contributed by atoms with Crippen molar-refractivity contribution in [3.05, 3.63) is 34.8 Å². The van der Waals surface area contributed by atoms with E-state index in [0.29, 0.717) is 43.6 Å². The van der Waals surface area contributed by atoms with Gasteiger partial charge in [-0.1, -0.05) is 0 Å². The van der Waals surface area contributed by atoms with E-state index in [4.69, 9.17) is 4.74 Å². The van der Waals surface area contributed by atoms with Gasteiger partial charge < -0.3 is 10.1 Å². The van der Waals surface area contributed by atoms with E-state index < -0.39 is 17.5 Å². The van der Waals surface area contributed by atoms with Gasteiger partial charge in [-0.2, -0.15) is 0 Å². The molecule has 2 aromatic rings. The molecule has 6 heteroatoms. The molecule has 1 aromatic heterocycles. The summed E-state index contributed by atoms with van der Waals surface area (Å²) in [5.74, 6) is -3.16. The first-order valence-corrected chi connectivity index (χ1v) is 6.44. The van der Waals surface area contributed by atoms with Crippen LogP contribution in [0.5, 0.6) is 0 Å². The van der Waals surface area contributed by atoms with Crippen molar-refractivity contribution in [2.24, 2.45) is 0 Å². The maximum atomic E-state index is 14.1. The number of anilines is 1. The Kier molecular flexibility index (Phi) is 3.25. The molecule has 1 aliphatic heterocycles. The molecule has 1 aliphatic rings. The van der Waals surface area contributed by atoms with Crippen LogP contribution in [-0.2, 0) is 17.8 Å². The van der Waals surface area contributed by atoms with Crippen molar-refractivity contribution in [1.29, 1.82) is 0 Å². The van der Waals surface area contributed by atoms with Gasteiger partial charge in [-0.3, -0.25) is 0 Å². The minimum atomic E-state index is -1.23. The average Bonchev–Trinajstić information content (AvgIpc) is 2.44. The van der Waals surface area contributed by atoms with Gasteiger partial charge in [-0.05, 0) is 6.92 Å². The molecular formula is C14H13F3N2O. The van der Waals surface area contributed by atoms with E-state index in [9.17, 15) is 13.2 Å². The summed E-state index contributed by atoms with van der Waals surface area (Å²) in [6, 6.07) is 0.552. The number of aromatic nitrogens is 1. The molecule has 20 heavy (non-hydrogen) atoms. The smallest absolute Gasteiger partial charge is 0.185 e. The molecule has 3 rings (SSSR count). The number of benzene rings is 1. The highest BCUT2D eigenvalue weighted by Crippen LogP contribution is 2.35. The third-order valence-corrected chi connectivity index (χ3v) is 3.38. The summed E-state index contributed by atoms with van der Waals surface area (Å²) in [5.41, 5.74) is 1.53. The Morgan fingerprint density at radius 2 is 2.10 bits per heavy atom. The van der Waals surface area contributed by atoms with E-state index in [1.165, 1.54) is 0 Å². The van der Waals surface area contributed by atoms with E-state index in [2.05, 4.69) is 10.3 Å². The first-order valence-electron chi connectivity index (χ1n) is 6.44. The molecule has 0 saturated carbocycles. The highest BCUT2D eigenvalue weighted by Gasteiger charge is 2.23. The van der Waals surface area contributed by atoms with Crippen LogP contribution in [0.1, 0.15) is 18.2 Å². The lowest BCUT2D eigenvalue weighted by atomic mass is 10.0. The molecule has 0 spiro atoms. The van der Waals surface area contributed by atoms with Gasteiger partial charge in [0, 0.05) is 24.6 Å². The van der Waals surface area contributed by atoms with Crippen LogP contribution in [0.3, 0.4) is 0 Å². The summed E-state index contributed by atoms with van der Waals surface area (Å²) in [5, 5.41) is 3.00. The van der Waals surface area contributed by atoms with Crippen LogP contribution in [0.4, 0.5) is 18.9 Å². The van der Waals surface area contributed by atoms with Crippen molar-refractivity contribution in [1.82, 2.24) is 4.98 Å². The Balaban J connectivity index is 2.41. The molecule has 0 atom stereocenters. The average molecular weight is 282 g/mol. The number of halogens is 3. The Morgan fingerprint density at radius 3 is 2.85 bits per heavy atom. The van der Waals surface area contributed by atoms with Gasteiger partial charge in [-0.25, -0.2) is 18.2 Å². The molecule has 0 saturated heterocycles. The van der Waals surface area contributed by atoms with Crippen LogP contribution in [-0.4, -0.2) is 18.1 Å². The van der Waals surface area contributed by atoms with Crippen molar-refractivity contribution >= 4 is 16.6 Å². The van der Waals surface area contributed by atoms with E-state index in [1.807, 2.05) is 6.92 Å². The molecule has 106 valence electrons. The molecule has 0 bridgehead atoms. The van der Waals surface area contributed by atoms with Gasteiger partial charge in [-0.15, -0.1) is 0 Å². The van der Waals surface area contributed by atoms with Gasteiger partial charge in [0.2, 0.25) is 0 Å². The molecule has 0 radical (unpaired) electrons. The first-order chi connectivity index (χ1) is 9.63. The second-order valence-corrected chi connectivity index (χ2v) is 4.62. The molecule has 0 aliphatic carbocycles. The van der Waals surface area contributed by atoms with Gasteiger partial charge in [0.05, 0.1) is 30.0 Å². The fraction of sp³-hybridized carbons (Fsp3) is 0.357. The molecule has 2 heterocycles. The second kappa shape index (κ2) is 4.94. The summed E-state index contributed by atoms with van der Waals surface area (Å²) in [6.45, 7) is 3.14. The van der Waals surface area contributed by atoms with Crippen molar-refractivity contribution < 1.29 is 17.9 Å². The van der Waals surface area contributed by atoms with Gasteiger partial charge in [0.15, 0.2) is 11.6 Å². The van der Waals surface area contributed by atoms with Crippen molar-refractivity contribution in [2.45, 2.75) is 20.0 Å². The van der Waals surface area contributed by atoms with Crippen LogP contribution >= 0.6 is 0 Å². The molecular weight excluding hydrogens is 269 g/mol. The van der Waals surface area contributed by atoms with Crippen LogP contribution in [0, 0.1) is 17.5 Å². The Bertz CT molecular complexity index is 688. The monoisotopic (exact) mass is 282 g/mol. The topological polar surface area (TPSA) is 34.2 Å². The molecule has 0 amide bonds. The summed E-state index contributed by atoms with van der Waals surface area (Å²) in [6.07, 6.45) is 0.501. The van der Waals surface area contributed by atoms with E-state index in [0.717, 1.165) is 5.56 Å². The van der Waals surface area contributed by atoms with Crippen LogP contribution in [0.15, 0.2) is 6.07 Å². The number of rotatable bonds is 2. The third kappa shape index (κ3) is 1.91. The van der Waals surface area contributed by atoms with E-state index in [1.54, 1.807) is 0 Å². The minimum absolute atomic E-state index is 0.0185. The van der Waals surface area contributed by atoms with Crippen molar-refractivity contribution in [2.75, 3.05) is 18.5 Å². The number of fused-ring (bicyclic) bond motifs is 2. The Morgan fingerprint density at radius 1 is 1.30 bits per heavy atom. The number of nitrogens with one attached hydrogen (secondary N) is 1. The van der Waals surface area contributed by atoms with Gasteiger partial charge >= 0.3 is 0 Å². The molecule has 1 N–H and O–H groups in total. The number of hydrogen-bond acceptors (Lipinski definition) is 3. The predicted molar refractivity (Wildman–Crippen MR) is 69.1 cm³/mol. The van der Waals surface area contributed by atoms with Crippen LogP contribution in [0.2, 0.25) is 0 Å². The lowest BCUT2D eigenvalue weighted by Crippen LogP contribution is -2.16. The minimum Gasteiger partial charge on any atom is -0.384 e.